The van der Waals surface area contributed by atoms with Gasteiger partial charge < -0.3 is 10.1 Å². The average molecular weight is 361 g/mol. The maximum absolute atomic E-state index is 11.9. The smallest absolute Gasteiger partial charge is 0.338 e. The molecule has 0 saturated heterocycles. The van der Waals surface area contributed by atoms with E-state index in [0.717, 1.165) is 11.8 Å². The fraction of sp³-hybridized carbons (Fsp3) is 0.222. The molecule has 0 aliphatic carbocycles. The van der Waals surface area contributed by atoms with Gasteiger partial charge in [0.1, 0.15) is 0 Å². The second-order valence-corrected chi connectivity index (χ2v) is 7.59. The van der Waals surface area contributed by atoms with Gasteiger partial charge in [0.15, 0.2) is 16.4 Å². The van der Waals surface area contributed by atoms with Crippen molar-refractivity contribution < 1.29 is 22.7 Å². The highest BCUT2D eigenvalue weighted by molar-refractivity contribution is 7.90. The number of carbonyl (C=O) groups is 2. The first kappa shape index (κ1) is 18.7. The van der Waals surface area contributed by atoms with Crippen LogP contribution in [-0.4, -0.2) is 33.2 Å². The molecule has 0 aliphatic rings. The lowest BCUT2D eigenvalue weighted by molar-refractivity contribution is -0.124. The minimum atomic E-state index is -3.33. The van der Waals surface area contributed by atoms with Crippen molar-refractivity contribution in [1.82, 2.24) is 5.32 Å². The van der Waals surface area contributed by atoms with Crippen LogP contribution in [0.25, 0.3) is 0 Å². The van der Waals surface area contributed by atoms with Gasteiger partial charge in [-0.2, -0.15) is 0 Å². The molecule has 2 rings (SSSR count). The van der Waals surface area contributed by atoms with Crippen LogP contribution in [-0.2, 0) is 19.4 Å². The molecule has 132 valence electrons. The van der Waals surface area contributed by atoms with Crippen molar-refractivity contribution >= 4 is 21.7 Å². The Morgan fingerprint density at radius 1 is 1.04 bits per heavy atom. The molecular weight excluding hydrogens is 342 g/mol. The van der Waals surface area contributed by atoms with Crippen LogP contribution in [0.15, 0.2) is 59.5 Å². The maximum atomic E-state index is 11.9. The molecule has 0 aromatic heterocycles. The first-order chi connectivity index (χ1) is 11.8. The summed E-state index contributed by atoms with van der Waals surface area (Å²) in [5, 5.41) is 2.74. The summed E-state index contributed by atoms with van der Waals surface area (Å²) in [5.74, 6) is -1.11. The molecule has 25 heavy (non-hydrogen) atoms. The Balaban J connectivity index is 1.88. The first-order valence-electron chi connectivity index (χ1n) is 7.59. The van der Waals surface area contributed by atoms with Gasteiger partial charge in [0.25, 0.3) is 5.91 Å². The molecule has 0 heterocycles. The van der Waals surface area contributed by atoms with Gasteiger partial charge in [0, 0.05) is 6.26 Å². The van der Waals surface area contributed by atoms with Crippen molar-refractivity contribution in [3.63, 3.8) is 0 Å². The number of benzene rings is 2. The lowest BCUT2D eigenvalue weighted by Gasteiger charge is -2.14. The highest BCUT2D eigenvalue weighted by atomic mass is 32.2. The summed E-state index contributed by atoms with van der Waals surface area (Å²) in [5.41, 5.74) is 1.12. The van der Waals surface area contributed by atoms with Gasteiger partial charge in [-0.1, -0.05) is 30.3 Å². The summed E-state index contributed by atoms with van der Waals surface area (Å²) >= 11 is 0. The number of amides is 1. The van der Waals surface area contributed by atoms with Crippen LogP contribution in [0.3, 0.4) is 0 Å². The van der Waals surface area contributed by atoms with Crippen molar-refractivity contribution in [3.05, 3.63) is 65.7 Å². The molecule has 1 atom stereocenters. The van der Waals surface area contributed by atoms with Crippen LogP contribution in [0.1, 0.15) is 28.9 Å². The Labute approximate surface area is 146 Å². The van der Waals surface area contributed by atoms with E-state index in [9.17, 15) is 18.0 Å². The second-order valence-electron chi connectivity index (χ2n) is 5.57. The lowest BCUT2D eigenvalue weighted by Crippen LogP contribution is -2.31. The number of esters is 1. The quantitative estimate of drug-likeness (QED) is 0.796. The first-order valence-corrected chi connectivity index (χ1v) is 9.48. The van der Waals surface area contributed by atoms with Gasteiger partial charge in [-0.25, -0.2) is 13.2 Å². The van der Waals surface area contributed by atoms with Crippen molar-refractivity contribution in [3.8, 4) is 0 Å². The third-order valence-electron chi connectivity index (χ3n) is 3.53. The molecule has 6 nitrogen and oxygen atoms in total. The van der Waals surface area contributed by atoms with E-state index in [0.29, 0.717) is 0 Å². The second kappa shape index (κ2) is 7.94. The molecule has 2 aromatic rings. The standard InChI is InChI=1S/C18H19NO5S/c1-13(14-6-4-3-5-7-14)19-17(20)12-24-18(21)15-8-10-16(11-9-15)25(2,22)23/h3-11,13H,12H2,1-2H3,(H,19,20). The van der Waals surface area contributed by atoms with Crippen LogP contribution in [0.2, 0.25) is 0 Å². The molecular formula is C18H19NO5S. The van der Waals surface area contributed by atoms with Gasteiger partial charge in [0.2, 0.25) is 0 Å². The molecule has 1 amide bonds. The van der Waals surface area contributed by atoms with Crippen molar-refractivity contribution in [1.29, 1.82) is 0 Å². The average Bonchev–Trinajstić information content (AvgIpc) is 2.59. The van der Waals surface area contributed by atoms with Crippen LogP contribution < -0.4 is 5.32 Å². The summed E-state index contributed by atoms with van der Waals surface area (Å²) in [7, 11) is -3.33. The van der Waals surface area contributed by atoms with Gasteiger partial charge >= 0.3 is 5.97 Å². The fourth-order valence-electron chi connectivity index (χ4n) is 2.16. The van der Waals surface area contributed by atoms with E-state index in [1.54, 1.807) is 0 Å². The van der Waals surface area contributed by atoms with E-state index in [1.807, 2.05) is 37.3 Å². The minimum Gasteiger partial charge on any atom is -0.452 e. The molecule has 0 radical (unpaired) electrons. The largest absolute Gasteiger partial charge is 0.452 e. The summed E-state index contributed by atoms with van der Waals surface area (Å²) < 4.78 is 27.7. The fourth-order valence-corrected chi connectivity index (χ4v) is 2.79. The van der Waals surface area contributed by atoms with Crippen molar-refractivity contribution in [2.24, 2.45) is 0 Å². The summed E-state index contributed by atoms with van der Waals surface area (Å²) in [4.78, 5) is 23.9. The SMILES string of the molecule is CC(NC(=O)COC(=O)c1ccc(S(C)(=O)=O)cc1)c1ccccc1. The van der Waals surface area contributed by atoms with Crippen molar-refractivity contribution in [2.75, 3.05) is 12.9 Å². The van der Waals surface area contributed by atoms with Gasteiger partial charge in [-0.3, -0.25) is 4.79 Å². The number of rotatable bonds is 6. The Kier molecular flexibility index (Phi) is 5.93. The number of hydrogen-bond donors (Lipinski definition) is 1. The summed E-state index contributed by atoms with van der Waals surface area (Å²) in [6, 6.07) is 14.5. The zero-order chi connectivity index (χ0) is 18.4. The maximum Gasteiger partial charge on any atom is 0.338 e. The highest BCUT2D eigenvalue weighted by Gasteiger charge is 2.14. The van der Waals surface area contributed by atoms with Gasteiger partial charge in [0.05, 0.1) is 16.5 Å². The third kappa shape index (κ3) is 5.42. The van der Waals surface area contributed by atoms with E-state index in [2.05, 4.69) is 5.32 Å². The molecule has 1 unspecified atom stereocenters. The highest BCUT2D eigenvalue weighted by Crippen LogP contribution is 2.12. The molecule has 0 aliphatic heterocycles. The normalized spacial score (nSPS) is 12.2. The number of ether oxygens (including phenoxy) is 1. The topological polar surface area (TPSA) is 89.5 Å². The van der Waals surface area contributed by atoms with E-state index >= 15 is 0 Å². The van der Waals surface area contributed by atoms with Crippen LogP contribution >= 0.6 is 0 Å². The number of hydrogen-bond acceptors (Lipinski definition) is 5. The number of nitrogens with one attached hydrogen (secondary N) is 1. The predicted molar refractivity (Wildman–Crippen MR) is 92.8 cm³/mol. The van der Waals surface area contributed by atoms with E-state index in [-0.39, 0.29) is 16.5 Å². The molecule has 0 bridgehead atoms. The molecule has 2 aromatic carbocycles. The molecule has 0 spiro atoms. The van der Waals surface area contributed by atoms with Crippen LogP contribution in [0.4, 0.5) is 0 Å². The molecule has 7 heteroatoms. The van der Waals surface area contributed by atoms with Crippen molar-refractivity contribution in [2.45, 2.75) is 17.9 Å². The monoisotopic (exact) mass is 361 g/mol. The zero-order valence-electron chi connectivity index (χ0n) is 13.9. The number of sulfone groups is 1. The summed E-state index contributed by atoms with van der Waals surface area (Å²) in [6.07, 6.45) is 1.08. The molecule has 0 fully saturated rings. The predicted octanol–water partition coefficient (Wildman–Crippen LogP) is 2.12. The lowest BCUT2D eigenvalue weighted by atomic mass is 10.1. The third-order valence-corrected chi connectivity index (χ3v) is 4.66. The Hall–Kier alpha value is -2.67. The Morgan fingerprint density at radius 2 is 1.64 bits per heavy atom. The zero-order valence-corrected chi connectivity index (χ0v) is 14.7. The van der Waals surface area contributed by atoms with Crippen LogP contribution in [0, 0.1) is 0 Å². The molecule has 1 N–H and O–H groups in total. The Bertz CT molecular complexity index is 845. The van der Waals surface area contributed by atoms with E-state index in [4.69, 9.17) is 4.74 Å². The minimum absolute atomic E-state index is 0.110. The van der Waals surface area contributed by atoms with Crippen LogP contribution in [0.5, 0.6) is 0 Å². The van der Waals surface area contributed by atoms with Gasteiger partial charge in [-0.15, -0.1) is 0 Å². The van der Waals surface area contributed by atoms with Gasteiger partial charge in [-0.05, 0) is 36.8 Å². The van der Waals surface area contributed by atoms with E-state index in [1.165, 1.54) is 24.3 Å². The summed E-state index contributed by atoms with van der Waals surface area (Å²) in [6.45, 7) is 1.42. The number of carbonyl (C=O) groups excluding carboxylic acids is 2. The van der Waals surface area contributed by atoms with E-state index < -0.39 is 28.3 Å². The Morgan fingerprint density at radius 3 is 2.20 bits per heavy atom. The molecule has 0 saturated carbocycles.